The predicted octanol–water partition coefficient (Wildman–Crippen LogP) is 1.56. The van der Waals surface area contributed by atoms with E-state index in [1.165, 1.54) is 0 Å². The molecule has 1 aliphatic heterocycles. The fourth-order valence-electron chi connectivity index (χ4n) is 2.77. The van der Waals surface area contributed by atoms with Crippen molar-refractivity contribution in [1.82, 2.24) is 20.2 Å². The molecule has 0 unspecified atom stereocenters. The lowest BCUT2D eigenvalue weighted by Gasteiger charge is -2.34. The third-order valence-electron chi connectivity index (χ3n) is 4.03. The number of carbonyl (C=O) groups is 1. The van der Waals surface area contributed by atoms with Gasteiger partial charge in [0.25, 0.3) is 5.91 Å². The molecule has 2 aromatic heterocycles. The molecule has 1 atom stereocenters. The van der Waals surface area contributed by atoms with E-state index in [4.69, 9.17) is 4.74 Å². The minimum Gasteiger partial charge on any atom is -0.379 e. The van der Waals surface area contributed by atoms with Crippen LogP contribution in [0.15, 0.2) is 36.8 Å². The maximum Gasteiger partial charge on any atom is 0.273 e. The van der Waals surface area contributed by atoms with E-state index in [-0.39, 0.29) is 12.6 Å². The second-order valence-corrected chi connectivity index (χ2v) is 5.64. The molecule has 1 amide bonds. The Hall–Kier alpha value is -2.45. The van der Waals surface area contributed by atoms with Crippen LogP contribution < -0.4 is 5.32 Å². The van der Waals surface area contributed by atoms with E-state index in [0.29, 0.717) is 19.3 Å². The first-order valence-corrected chi connectivity index (χ1v) is 7.96. The average molecular weight is 348 g/mol. The lowest BCUT2D eigenvalue weighted by Crippen LogP contribution is -2.44. The number of halogens is 2. The van der Waals surface area contributed by atoms with E-state index in [1.807, 2.05) is 12.1 Å². The molecule has 6 nitrogen and oxygen atoms in total. The monoisotopic (exact) mass is 348 g/mol. The van der Waals surface area contributed by atoms with Crippen LogP contribution in [0.1, 0.15) is 22.1 Å². The van der Waals surface area contributed by atoms with Crippen LogP contribution in [0, 0.1) is 11.6 Å². The Morgan fingerprint density at radius 2 is 2.12 bits per heavy atom. The highest BCUT2D eigenvalue weighted by molar-refractivity contribution is 5.92. The summed E-state index contributed by atoms with van der Waals surface area (Å²) < 4.78 is 32.0. The summed E-state index contributed by atoms with van der Waals surface area (Å²) in [5.74, 6) is -2.49. The van der Waals surface area contributed by atoms with Crippen molar-refractivity contribution in [3.05, 3.63) is 59.7 Å². The summed E-state index contributed by atoms with van der Waals surface area (Å²) in [6.45, 7) is 2.91. The number of pyridine rings is 2. The van der Waals surface area contributed by atoms with Gasteiger partial charge in [-0.25, -0.2) is 13.8 Å². The van der Waals surface area contributed by atoms with Crippen molar-refractivity contribution in [2.75, 3.05) is 32.8 Å². The van der Waals surface area contributed by atoms with E-state index in [1.54, 1.807) is 12.4 Å². The third-order valence-corrected chi connectivity index (χ3v) is 4.03. The number of rotatable bonds is 5. The quantitative estimate of drug-likeness (QED) is 0.888. The molecule has 8 heteroatoms. The maximum absolute atomic E-state index is 13.7. The summed E-state index contributed by atoms with van der Waals surface area (Å²) in [5, 5.41) is 2.68. The first-order chi connectivity index (χ1) is 12.1. The van der Waals surface area contributed by atoms with Crippen molar-refractivity contribution < 1.29 is 18.3 Å². The number of morpholine rings is 1. The molecule has 0 saturated carbocycles. The molecule has 1 saturated heterocycles. The molecule has 132 valence electrons. The molecule has 0 aromatic carbocycles. The molecule has 3 rings (SSSR count). The predicted molar refractivity (Wildman–Crippen MR) is 85.9 cm³/mol. The normalized spacial score (nSPS) is 16.4. The first-order valence-electron chi connectivity index (χ1n) is 7.96. The van der Waals surface area contributed by atoms with Crippen LogP contribution in [-0.4, -0.2) is 53.6 Å². The molecule has 0 radical (unpaired) electrons. The minimum atomic E-state index is -0.984. The second-order valence-electron chi connectivity index (χ2n) is 5.64. The van der Waals surface area contributed by atoms with Crippen LogP contribution >= 0.6 is 0 Å². The van der Waals surface area contributed by atoms with Gasteiger partial charge in [0, 0.05) is 38.1 Å². The summed E-state index contributed by atoms with van der Waals surface area (Å²) in [6.07, 6.45) is 4.23. The van der Waals surface area contributed by atoms with Gasteiger partial charge >= 0.3 is 0 Å². The third kappa shape index (κ3) is 4.34. The highest BCUT2D eigenvalue weighted by Gasteiger charge is 2.24. The van der Waals surface area contributed by atoms with Crippen molar-refractivity contribution in [1.29, 1.82) is 0 Å². The number of nitrogens with one attached hydrogen (secondary N) is 1. The van der Waals surface area contributed by atoms with Crippen LogP contribution in [0.25, 0.3) is 0 Å². The van der Waals surface area contributed by atoms with Gasteiger partial charge < -0.3 is 10.1 Å². The summed E-state index contributed by atoms with van der Waals surface area (Å²) in [5.41, 5.74) is 0.519. The molecular weight excluding hydrogens is 330 g/mol. The van der Waals surface area contributed by atoms with Crippen LogP contribution in [0.3, 0.4) is 0 Å². The number of carbonyl (C=O) groups excluding carboxylic acids is 1. The smallest absolute Gasteiger partial charge is 0.273 e. The number of hydrogen-bond donors (Lipinski definition) is 1. The molecule has 25 heavy (non-hydrogen) atoms. The Bertz CT molecular complexity index is 724. The van der Waals surface area contributed by atoms with Gasteiger partial charge in [0.05, 0.1) is 25.5 Å². The van der Waals surface area contributed by atoms with Gasteiger partial charge in [-0.05, 0) is 11.6 Å². The maximum atomic E-state index is 13.7. The van der Waals surface area contributed by atoms with Crippen LogP contribution in [0.2, 0.25) is 0 Å². The van der Waals surface area contributed by atoms with E-state index in [2.05, 4.69) is 20.2 Å². The number of ether oxygens (including phenoxy) is 1. The van der Waals surface area contributed by atoms with Crippen LogP contribution in [-0.2, 0) is 4.74 Å². The number of aromatic nitrogens is 2. The van der Waals surface area contributed by atoms with Gasteiger partial charge in [-0.2, -0.15) is 0 Å². The number of amides is 1. The van der Waals surface area contributed by atoms with E-state index in [0.717, 1.165) is 24.8 Å². The van der Waals surface area contributed by atoms with Crippen LogP contribution in [0.5, 0.6) is 0 Å². The summed E-state index contributed by atoms with van der Waals surface area (Å²) in [6, 6.07) is 4.27. The molecule has 1 N–H and O–H groups in total. The fourth-order valence-corrected chi connectivity index (χ4v) is 2.77. The summed E-state index contributed by atoms with van der Waals surface area (Å²) in [4.78, 5) is 22.0. The van der Waals surface area contributed by atoms with E-state index >= 15 is 0 Å². The van der Waals surface area contributed by atoms with Gasteiger partial charge in [-0.15, -0.1) is 0 Å². The molecular formula is C17H18F2N4O2. The molecule has 0 spiro atoms. The lowest BCUT2D eigenvalue weighted by atomic mass is 10.1. The zero-order valence-corrected chi connectivity index (χ0v) is 13.5. The lowest BCUT2D eigenvalue weighted by molar-refractivity contribution is 0.0161. The highest BCUT2D eigenvalue weighted by atomic mass is 19.1. The van der Waals surface area contributed by atoms with Crippen molar-refractivity contribution >= 4 is 5.91 Å². The Kier molecular flexibility index (Phi) is 5.62. The molecule has 2 aromatic rings. The Morgan fingerprint density at radius 1 is 1.32 bits per heavy atom. The van der Waals surface area contributed by atoms with Gasteiger partial charge in [0.1, 0.15) is 5.82 Å². The first kappa shape index (κ1) is 17.4. The Labute approximate surface area is 143 Å². The van der Waals surface area contributed by atoms with Crippen LogP contribution in [0.4, 0.5) is 8.78 Å². The van der Waals surface area contributed by atoms with Crippen molar-refractivity contribution in [3.8, 4) is 0 Å². The van der Waals surface area contributed by atoms with Crippen molar-refractivity contribution in [2.24, 2.45) is 0 Å². The SMILES string of the molecule is O=C(NC[C@H](c1cccnc1)N1CCOCC1)c1ncc(F)cc1F. The molecule has 0 aliphatic carbocycles. The Balaban J connectivity index is 1.72. The summed E-state index contributed by atoms with van der Waals surface area (Å²) in [7, 11) is 0. The molecule has 0 bridgehead atoms. The fraction of sp³-hybridized carbons (Fsp3) is 0.353. The molecule has 1 aliphatic rings. The topological polar surface area (TPSA) is 67.4 Å². The largest absolute Gasteiger partial charge is 0.379 e. The Morgan fingerprint density at radius 3 is 2.80 bits per heavy atom. The minimum absolute atomic E-state index is 0.120. The van der Waals surface area contributed by atoms with E-state index in [9.17, 15) is 13.6 Å². The second kappa shape index (κ2) is 8.09. The average Bonchev–Trinajstić information content (AvgIpc) is 2.63. The van der Waals surface area contributed by atoms with Crippen molar-refractivity contribution in [3.63, 3.8) is 0 Å². The molecule has 3 heterocycles. The van der Waals surface area contributed by atoms with Gasteiger partial charge in [0.15, 0.2) is 11.5 Å². The zero-order chi connectivity index (χ0) is 17.6. The summed E-state index contributed by atoms with van der Waals surface area (Å²) >= 11 is 0. The van der Waals surface area contributed by atoms with Gasteiger partial charge in [-0.1, -0.05) is 6.07 Å². The van der Waals surface area contributed by atoms with E-state index < -0.39 is 23.2 Å². The van der Waals surface area contributed by atoms with Crippen molar-refractivity contribution in [2.45, 2.75) is 6.04 Å². The highest BCUT2D eigenvalue weighted by Crippen LogP contribution is 2.20. The number of nitrogens with zero attached hydrogens (tertiary/aromatic N) is 3. The van der Waals surface area contributed by atoms with Gasteiger partial charge in [0.2, 0.25) is 0 Å². The number of hydrogen-bond acceptors (Lipinski definition) is 5. The standard InChI is InChI=1S/C17H18F2N4O2/c18-13-8-14(19)16(21-10-13)17(24)22-11-15(12-2-1-3-20-9-12)23-4-6-25-7-5-23/h1-3,8-10,15H,4-7,11H2,(H,22,24)/t15-/m1/s1. The molecule has 1 fully saturated rings. The van der Waals surface area contributed by atoms with Gasteiger partial charge in [-0.3, -0.25) is 14.7 Å². The zero-order valence-electron chi connectivity index (χ0n) is 13.5.